The summed E-state index contributed by atoms with van der Waals surface area (Å²) in [6.45, 7) is 2.45. The van der Waals surface area contributed by atoms with Crippen LogP contribution >= 0.6 is 12.6 Å². The molecule has 0 radical (unpaired) electrons. The molecular formula is C14H23N3O2S. The molecule has 0 bridgehead atoms. The number of hydrogen-bond acceptors (Lipinski definition) is 5. The van der Waals surface area contributed by atoms with Gasteiger partial charge in [-0.15, -0.1) is 0 Å². The number of ether oxygens (including phenoxy) is 1. The van der Waals surface area contributed by atoms with Crippen LogP contribution in [-0.2, 0) is 11.3 Å². The van der Waals surface area contributed by atoms with Crippen LogP contribution in [0, 0.1) is 0 Å². The molecule has 112 valence electrons. The van der Waals surface area contributed by atoms with Crippen molar-refractivity contribution in [3.63, 3.8) is 0 Å². The lowest BCUT2D eigenvalue weighted by atomic mass is 10.2. The Kier molecular flexibility index (Phi) is 5.91. The van der Waals surface area contributed by atoms with E-state index >= 15 is 0 Å². The first-order chi connectivity index (χ1) is 9.74. The number of anilines is 1. The van der Waals surface area contributed by atoms with Crippen molar-refractivity contribution in [2.45, 2.75) is 38.3 Å². The van der Waals surface area contributed by atoms with Gasteiger partial charge in [-0.3, -0.25) is 4.79 Å². The number of hydrogen-bond donors (Lipinski definition) is 1. The molecule has 1 unspecified atom stereocenters. The second-order valence-corrected chi connectivity index (χ2v) is 5.60. The Morgan fingerprint density at radius 3 is 2.95 bits per heavy atom. The minimum atomic E-state index is -0.0192. The molecule has 20 heavy (non-hydrogen) atoms. The summed E-state index contributed by atoms with van der Waals surface area (Å²) in [4.78, 5) is 14.2. The van der Waals surface area contributed by atoms with Crippen LogP contribution in [0.15, 0.2) is 17.1 Å². The number of thiol groups is 1. The van der Waals surface area contributed by atoms with Crippen molar-refractivity contribution in [1.82, 2.24) is 9.78 Å². The molecule has 1 aromatic heterocycles. The van der Waals surface area contributed by atoms with E-state index < -0.39 is 0 Å². The molecule has 1 saturated heterocycles. The standard InChI is InChI=1S/C14H23N3O2S/c1-19-13-5-7-16(11-13)12-9-14(18)17(15-10-12)6-3-2-4-8-20/h9-10,13,20H,2-8,11H2,1H3. The van der Waals surface area contributed by atoms with Gasteiger partial charge in [-0.2, -0.15) is 17.7 Å². The number of unbranched alkanes of at least 4 members (excludes halogenated alkanes) is 2. The van der Waals surface area contributed by atoms with E-state index in [2.05, 4.69) is 22.6 Å². The van der Waals surface area contributed by atoms with Crippen LogP contribution in [-0.4, -0.2) is 41.8 Å². The van der Waals surface area contributed by atoms with Crippen molar-refractivity contribution in [3.05, 3.63) is 22.6 Å². The predicted molar refractivity (Wildman–Crippen MR) is 83.8 cm³/mol. The Morgan fingerprint density at radius 1 is 1.45 bits per heavy atom. The minimum Gasteiger partial charge on any atom is -0.380 e. The number of methoxy groups -OCH3 is 1. The number of aryl methyl sites for hydroxylation is 1. The van der Waals surface area contributed by atoms with Gasteiger partial charge in [0.2, 0.25) is 0 Å². The maximum atomic E-state index is 12.0. The maximum absolute atomic E-state index is 12.0. The molecule has 0 aliphatic carbocycles. The van der Waals surface area contributed by atoms with Gasteiger partial charge in [0, 0.05) is 32.8 Å². The lowest BCUT2D eigenvalue weighted by Crippen LogP contribution is -2.27. The van der Waals surface area contributed by atoms with Gasteiger partial charge in [0.25, 0.3) is 5.56 Å². The van der Waals surface area contributed by atoms with Crippen LogP contribution in [0.1, 0.15) is 25.7 Å². The third-order valence-electron chi connectivity index (χ3n) is 3.73. The summed E-state index contributed by atoms with van der Waals surface area (Å²) in [5, 5.41) is 4.27. The fraction of sp³-hybridized carbons (Fsp3) is 0.714. The Balaban J connectivity index is 1.94. The molecule has 0 spiro atoms. The Morgan fingerprint density at radius 2 is 2.30 bits per heavy atom. The highest BCUT2D eigenvalue weighted by molar-refractivity contribution is 7.80. The Bertz CT molecular complexity index is 478. The molecule has 6 heteroatoms. The fourth-order valence-corrected chi connectivity index (χ4v) is 2.69. The minimum absolute atomic E-state index is 0.0192. The van der Waals surface area contributed by atoms with Crippen LogP contribution in [0.4, 0.5) is 5.69 Å². The van der Waals surface area contributed by atoms with Crippen LogP contribution in [0.25, 0.3) is 0 Å². The third kappa shape index (κ3) is 3.99. The van der Waals surface area contributed by atoms with Crippen molar-refractivity contribution >= 4 is 18.3 Å². The van der Waals surface area contributed by atoms with E-state index in [-0.39, 0.29) is 11.7 Å². The molecule has 1 fully saturated rings. The van der Waals surface area contributed by atoms with Crippen molar-refractivity contribution < 1.29 is 4.74 Å². The van der Waals surface area contributed by atoms with Gasteiger partial charge in [0.05, 0.1) is 18.0 Å². The van der Waals surface area contributed by atoms with Crippen LogP contribution in [0.2, 0.25) is 0 Å². The van der Waals surface area contributed by atoms with E-state index in [0.29, 0.717) is 6.54 Å². The normalized spacial score (nSPS) is 18.7. The molecule has 2 rings (SSSR count). The largest absolute Gasteiger partial charge is 0.380 e. The zero-order valence-corrected chi connectivity index (χ0v) is 12.9. The summed E-state index contributed by atoms with van der Waals surface area (Å²) >= 11 is 4.18. The van der Waals surface area contributed by atoms with E-state index in [1.165, 1.54) is 0 Å². The second-order valence-electron chi connectivity index (χ2n) is 5.15. The Labute approximate surface area is 125 Å². The average molecular weight is 297 g/mol. The van der Waals surface area contributed by atoms with Crippen LogP contribution < -0.4 is 10.5 Å². The van der Waals surface area contributed by atoms with Gasteiger partial charge >= 0.3 is 0 Å². The van der Waals surface area contributed by atoms with Gasteiger partial charge in [0.15, 0.2) is 0 Å². The molecule has 5 nitrogen and oxygen atoms in total. The molecule has 1 aromatic rings. The van der Waals surface area contributed by atoms with E-state index in [4.69, 9.17) is 4.74 Å². The molecule has 0 amide bonds. The summed E-state index contributed by atoms with van der Waals surface area (Å²) in [7, 11) is 1.73. The number of nitrogens with zero attached hydrogens (tertiary/aromatic N) is 3. The van der Waals surface area contributed by atoms with Gasteiger partial charge in [-0.1, -0.05) is 6.42 Å². The smallest absolute Gasteiger partial charge is 0.268 e. The highest BCUT2D eigenvalue weighted by Gasteiger charge is 2.22. The topological polar surface area (TPSA) is 47.4 Å². The van der Waals surface area contributed by atoms with Gasteiger partial charge < -0.3 is 9.64 Å². The quantitative estimate of drug-likeness (QED) is 0.613. The molecular weight excluding hydrogens is 274 g/mol. The summed E-state index contributed by atoms with van der Waals surface area (Å²) in [6.07, 6.45) is 6.20. The second kappa shape index (κ2) is 7.69. The van der Waals surface area contributed by atoms with Gasteiger partial charge in [0.1, 0.15) is 0 Å². The van der Waals surface area contributed by atoms with Crippen molar-refractivity contribution in [2.75, 3.05) is 30.9 Å². The zero-order valence-electron chi connectivity index (χ0n) is 12.0. The average Bonchev–Trinajstić information content (AvgIpc) is 2.94. The first kappa shape index (κ1) is 15.4. The van der Waals surface area contributed by atoms with E-state index in [1.807, 2.05) is 0 Å². The summed E-state index contributed by atoms with van der Waals surface area (Å²) in [6, 6.07) is 1.68. The number of rotatable bonds is 7. The van der Waals surface area contributed by atoms with Crippen molar-refractivity contribution in [2.24, 2.45) is 0 Å². The summed E-state index contributed by atoms with van der Waals surface area (Å²) in [5.41, 5.74) is 0.885. The molecule has 0 N–H and O–H groups in total. The van der Waals surface area contributed by atoms with Crippen molar-refractivity contribution in [1.29, 1.82) is 0 Å². The summed E-state index contributed by atoms with van der Waals surface area (Å²) < 4.78 is 6.89. The zero-order chi connectivity index (χ0) is 14.4. The van der Waals surface area contributed by atoms with Crippen LogP contribution in [0.5, 0.6) is 0 Å². The van der Waals surface area contributed by atoms with E-state index in [1.54, 1.807) is 24.1 Å². The predicted octanol–water partition coefficient (Wildman–Crippen LogP) is 1.57. The molecule has 1 aliphatic rings. The highest BCUT2D eigenvalue weighted by Crippen LogP contribution is 2.19. The van der Waals surface area contributed by atoms with E-state index in [9.17, 15) is 4.79 Å². The SMILES string of the molecule is COC1CCN(c2cnn(CCCCCS)c(=O)c2)C1. The van der Waals surface area contributed by atoms with Crippen molar-refractivity contribution in [3.8, 4) is 0 Å². The van der Waals surface area contributed by atoms with E-state index in [0.717, 1.165) is 50.2 Å². The first-order valence-electron chi connectivity index (χ1n) is 7.20. The fourth-order valence-electron chi connectivity index (χ4n) is 2.47. The molecule has 1 atom stereocenters. The first-order valence-corrected chi connectivity index (χ1v) is 7.83. The van der Waals surface area contributed by atoms with Gasteiger partial charge in [-0.25, -0.2) is 4.68 Å². The number of aromatic nitrogens is 2. The monoisotopic (exact) mass is 297 g/mol. The highest BCUT2D eigenvalue weighted by atomic mass is 32.1. The molecule has 2 heterocycles. The molecule has 1 aliphatic heterocycles. The third-order valence-corrected chi connectivity index (χ3v) is 4.04. The molecule has 0 saturated carbocycles. The Hall–Kier alpha value is -1.01. The lowest BCUT2D eigenvalue weighted by Gasteiger charge is -2.18. The van der Waals surface area contributed by atoms with Gasteiger partial charge in [-0.05, 0) is 25.0 Å². The molecule has 0 aromatic carbocycles. The summed E-state index contributed by atoms with van der Waals surface area (Å²) in [5.74, 6) is 0.900. The van der Waals surface area contributed by atoms with Crippen LogP contribution in [0.3, 0.4) is 0 Å². The lowest BCUT2D eigenvalue weighted by molar-refractivity contribution is 0.121. The maximum Gasteiger partial charge on any atom is 0.268 e.